The zero-order valence-electron chi connectivity index (χ0n) is 21.3. The highest BCUT2D eigenvalue weighted by atomic mass is 32.2. The zero-order chi connectivity index (χ0) is 28.2. The molecule has 3 aromatic rings. The summed E-state index contributed by atoms with van der Waals surface area (Å²) in [6, 6.07) is 18.3. The van der Waals surface area contributed by atoms with E-state index in [1.165, 1.54) is 29.0 Å². The van der Waals surface area contributed by atoms with E-state index < -0.39 is 29.1 Å². The third-order valence-corrected chi connectivity index (χ3v) is 8.15. The van der Waals surface area contributed by atoms with Crippen LogP contribution in [0.25, 0.3) is 0 Å². The molecule has 2 amide bonds. The Bertz CT molecular complexity index is 1480. The van der Waals surface area contributed by atoms with Crippen LogP contribution in [0.2, 0.25) is 0 Å². The second-order valence-electron chi connectivity index (χ2n) is 9.00. The van der Waals surface area contributed by atoms with Crippen molar-refractivity contribution < 1.29 is 33.1 Å². The third kappa shape index (κ3) is 5.56. The van der Waals surface area contributed by atoms with Crippen molar-refractivity contribution in [1.82, 2.24) is 10.2 Å². The molecule has 11 heteroatoms. The molecule has 1 N–H and O–H groups in total. The minimum absolute atomic E-state index is 0.0246. The lowest BCUT2D eigenvalue weighted by Gasteiger charge is -2.49. The molecule has 2 atom stereocenters. The number of methoxy groups -OCH3 is 1. The van der Waals surface area contributed by atoms with Gasteiger partial charge in [-0.15, -0.1) is 11.8 Å². The van der Waals surface area contributed by atoms with Gasteiger partial charge in [0.25, 0.3) is 5.91 Å². The van der Waals surface area contributed by atoms with Gasteiger partial charge in [-0.3, -0.25) is 19.3 Å². The number of nitrogens with one attached hydrogen (secondary N) is 1. The third-order valence-electron chi connectivity index (χ3n) is 6.44. The first-order chi connectivity index (χ1) is 19.4. The zero-order valence-corrected chi connectivity index (χ0v) is 23.0. The van der Waals surface area contributed by atoms with Gasteiger partial charge in [0.2, 0.25) is 11.7 Å². The van der Waals surface area contributed by atoms with Crippen LogP contribution < -0.4 is 10.1 Å². The lowest BCUT2D eigenvalue weighted by atomic mass is 9.99. The van der Waals surface area contributed by atoms with Crippen LogP contribution in [0, 0.1) is 0 Å². The number of furan rings is 1. The summed E-state index contributed by atoms with van der Waals surface area (Å²) in [6.07, 6.45) is 1.46. The van der Waals surface area contributed by atoms with Crippen LogP contribution in [-0.4, -0.2) is 57.6 Å². The number of carbonyl (C=O) groups is 4. The van der Waals surface area contributed by atoms with Crippen molar-refractivity contribution in [2.24, 2.45) is 0 Å². The largest absolute Gasteiger partial charge is 0.497 e. The first kappa shape index (κ1) is 27.4. The van der Waals surface area contributed by atoms with E-state index >= 15 is 0 Å². The number of hydrogen-bond donors (Lipinski definition) is 1. The van der Waals surface area contributed by atoms with Crippen LogP contribution in [0.5, 0.6) is 5.75 Å². The van der Waals surface area contributed by atoms with Gasteiger partial charge in [-0.25, -0.2) is 4.79 Å². The molecule has 0 aliphatic carbocycles. The maximum atomic E-state index is 13.4. The fourth-order valence-electron chi connectivity index (χ4n) is 4.38. The number of β-lactam (4-membered cyclic amide) rings is 1. The van der Waals surface area contributed by atoms with E-state index in [9.17, 15) is 19.2 Å². The number of thiocarbonyl (C=S) groups is 1. The predicted molar refractivity (Wildman–Crippen MR) is 151 cm³/mol. The molecule has 1 saturated heterocycles. The van der Waals surface area contributed by atoms with E-state index in [1.807, 2.05) is 30.3 Å². The molecule has 0 spiro atoms. The summed E-state index contributed by atoms with van der Waals surface area (Å²) in [5.74, 6) is -1.33. The number of benzene rings is 2. The van der Waals surface area contributed by atoms with Gasteiger partial charge in [0, 0.05) is 11.3 Å². The summed E-state index contributed by atoms with van der Waals surface area (Å²) in [4.78, 5) is 53.5. The van der Waals surface area contributed by atoms with Gasteiger partial charge in [-0.1, -0.05) is 54.7 Å². The predicted octanol–water partition coefficient (Wildman–Crippen LogP) is 3.48. The maximum absolute atomic E-state index is 13.4. The highest BCUT2D eigenvalue weighted by Gasteiger charge is 2.55. The number of fused-ring (bicyclic) bond motifs is 1. The summed E-state index contributed by atoms with van der Waals surface area (Å²) in [6.45, 7) is -0.0738. The first-order valence-corrected chi connectivity index (χ1v) is 13.8. The minimum Gasteiger partial charge on any atom is -0.497 e. The van der Waals surface area contributed by atoms with E-state index in [-0.39, 0.29) is 46.6 Å². The maximum Gasteiger partial charge on any atom is 0.355 e. The van der Waals surface area contributed by atoms with Crippen molar-refractivity contribution in [1.29, 1.82) is 0 Å². The minimum atomic E-state index is -0.832. The molecule has 40 heavy (non-hydrogen) atoms. The van der Waals surface area contributed by atoms with Crippen LogP contribution in [0.4, 0.5) is 0 Å². The van der Waals surface area contributed by atoms with E-state index in [0.717, 1.165) is 5.56 Å². The number of ketones is 1. The average Bonchev–Trinajstić information content (AvgIpc) is 3.53. The van der Waals surface area contributed by atoms with Crippen molar-refractivity contribution in [3.63, 3.8) is 0 Å². The SMILES string of the molecule is COc1ccc(COC(=O)C2=C(C(=S)C(=O)c3ccco3)CS[C@H]3C(NC(=O)Cc4ccccc4)C(=O)N23)cc1. The number of nitrogens with zero attached hydrogens (tertiary/aromatic N) is 1. The number of ether oxygens (including phenoxy) is 2. The monoisotopic (exact) mass is 576 g/mol. The van der Waals surface area contributed by atoms with Crippen LogP contribution >= 0.6 is 24.0 Å². The molecule has 204 valence electrons. The number of Topliss-reactive ketones (excluding diaryl/α,β-unsaturated/α-hetero) is 1. The second kappa shape index (κ2) is 11.9. The van der Waals surface area contributed by atoms with Crippen molar-refractivity contribution in [3.8, 4) is 5.75 Å². The normalized spacial score (nSPS) is 17.9. The average molecular weight is 577 g/mol. The summed E-state index contributed by atoms with van der Waals surface area (Å²) in [5.41, 5.74) is 1.63. The van der Waals surface area contributed by atoms with E-state index in [4.69, 9.17) is 26.1 Å². The molecule has 9 nitrogen and oxygen atoms in total. The summed E-state index contributed by atoms with van der Waals surface area (Å²) < 4.78 is 15.9. The Hall–Kier alpha value is -4.22. The number of thioether (sulfide) groups is 1. The van der Waals surface area contributed by atoms with Gasteiger partial charge in [-0.2, -0.15) is 0 Å². The molecule has 0 saturated carbocycles. The summed E-state index contributed by atoms with van der Waals surface area (Å²) >= 11 is 6.77. The highest BCUT2D eigenvalue weighted by Crippen LogP contribution is 2.41. The Kier molecular flexibility index (Phi) is 8.13. The molecule has 1 unspecified atom stereocenters. The first-order valence-electron chi connectivity index (χ1n) is 12.3. The topological polar surface area (TPSA) is 115 Å². The fourth-order valence-corrected chi connectivity index (χ4v) is 6.10. The standard InChI is InChI=1S/C29H24N2O7S2/c1-36-19-11-9-18(10-12-19)15-38-29(35)24-20(26(39)25(33)21-8-5-13-37-21)16-40-28-23(27(34)31(24)28)30-22(32)14-17-6-3-2-4-7-17/h2-13,23,28H,14-16H2,1H3,(H,30,32)/t23?,28-/m0/s1. The Morgan fingerprint density at radius 3 is 2.48 bits per heavy atom. The van der Waals surface area contributed by atoms with E-state index in [0.29, 0.717) is 11.3 Å². The molecule has 1 fully saturated rings. The Morgan fingerprint density at radius 2 is 1.80 bits per heavy atom. The van der Waals surface area contributed by atoms with Crippen molar-refractivity contribution >= 4 is 52.4 Å². The van der Waals surface area contributed by atoms with Gasteiger partial charge in [0.15, 0.2) is 5.76 Å². The molecule has 1 aromatic heterocycles. The van der Waals surface area contributed by atoms with Gasteiger partial charge in [0.05, 0.1) is 24.7 Å². The number of amides is 2. The molecule has 2 aliphatic heterocycles. The number of hydrogen-bond acceptors (Lipinski definition) is 9. The Labute approximate surface area is 239 Å². The molecular formula is C29H24N2O7S2. The summed E-state index contributed by atoms with van der Waals surface area (Å²) in [7, 11) is 1.55. The molecule has 2 aliphatic rings. The van der Waals surface area contributed by atoms with E-state index in [2.05, 4.69) is 5.32 Å². The van der Waals surface area contributed by atoms with Gasteiger partial charge < -0.3 is 19.2 Å². The quantitative estimate of drug-likeness (QED) is 0.168. The lowest BCUT2D eigenvalue weighted by Crippen LogP contribution is -2.71. The van der Waals surface area contributed by atoms with Crippen molar-refractivity contribution in [3.05, 3.63) is 101 Å². The van der Waals surface area contributed by atoms with Crippen LogP contribution in [-0.2, 0) is 32.1 Å². The van der Waals surface area contributed by atoms with Gasteiger partial charge in [-0.05, 0) is 35.4 Å². The second-order valence-corrected chi connectivity index (χ2v) is 10.5. The lowest BCUT2D eigenvalue weighted by molar-refractivity contribution is -0.153. The number of carbonyl (C=O) groups excluding carboxylic acids is 4. The summed E-state index contributed by atoms with van der Waals surface area (Å²) in [5, 5.41) is 2.22. The number of esters is 1. The smallest absolute Gasteiger partial charge is 0.355 e. The molecule has 3 heterocycles. The Morgan fingerprint density at radius 1 is 1.05 bits per heavy atom. The Balaban J connectivity index is 1.37. The van der Waals surface area contributed by atoms with Gasteiger partial charge >= 0.3 is 5.97 Å². The molecular weight excluding hydrogens is 552 g/mol. The number of rotatable bonds is 10. The highest BCUT2D eigenvalue weighted by molar-refractivity contribution is 8.00. The van der Waals surface area contributed by atoms with Crippen molar-refractivity contribution in [2.45, 2.75) is 24.4 Å². The van der Waals surface area contributed by atoms with E-state index in [1.54, 1.807) is 37.4 Å². The molecule has 0 radical (unpaired) electrons. The molecule has 2 aromatic carbocycles. The van der Waals surface area contributed by atoms with Crippen LogP contribution in [0.3, 0.4) is 0 Å². The fraction of sp³-hybridized carbons (Fsp3) is 0.207. The van der Waals surface area contributed by atoms with Gasteiger partial charge in [0.1, 0.15) is 29.5 Å². The van der Waals surface area contributed by atoms with Crippen LogP contribution in [0.1, 0.15) is 21.7 Å². The van der Waals surface area contributed by atoms with Crippen molar-refractivity contribution in [2.75, 3.05) is 12.9 Å². The van der Waals surface area contributed by atoms with Crippen LogP contribution in [0.15, 0.2) is 88.7 Å². The molecule has 5 rings (SSSR count). The molecule has 0 bridgehead atoms.